The minimum absolute atomic E-state index is 0.468. The number of nitrogens with zero attached hydrogens (tertiary/aromatic N) is 1. The number of hydrazone groups is 1. The van der Waals surface area contributed by atoms with Crippen LogP contribution in [0.15, 0.2) is 5.10 Å². The lowest BCUT2D eigenvalue weighted by Crippen LogP contribution is -2.27. The third-order valence-corrected chi connectivity index (χ3v) is 0.548. The van der Waals surface area contributed by atoms with Gasteiger partial charge in [-0.05, 0) is 0 Å². The third-order valence-electron chi connectivity index (χ3n) is 0.548. The molecule has 0 bridgehead atoms. The number of nitrogens with two attached hydrogens (primary N) is 1. The standard InChI is InChI=1S/C2H6N4/c3-2-4-1-5-6-2/h5H,1H2,(H3,3,4,6). The zero-order valence-corrected chi connectivity index (χ0v) is 3.23. The van der Waals surface area contributed by atoms with Gasteiger partial charge in [0.15, 0.2) is 0 Å². The Morgan fingerprint density at radius 3 is 2.83 bits per heavy atom. The molecule has 6 heavy (non-hydrogen) atoms. The maximum atomic E-state index is 5.11. The summed E-state index contributed by atoms with van der Waals surface area (Å²) in [7, 11) is 0. The second-order valence-electron chi connectivity index (χ2n) is 1.01. The first-order valence-corrected chi connectivity index (χ1v) is 1.69. The van der Waals surface area contributed by atoms with Crippen LogP contribution in [0.3, 0.4) is 0 Å². The highest BCUT2D eigenvalue weighted by molar-refractivity contribution is 5.78. The van der Waals surface area contributed by atoms with Crippen molar-refractivity contribution in [3.8, 4) is 0 Å². The molecule has 1 aliphatic heterocycles. The molecule has 0 amide bonds. The average Bonchev–Trinajstić information content (AvgIpc) is 1.86. The fraction of sp³-hybridized carbons (Fsp3) is 0.500. The van der Waals surface area contributed by atoms with Crippen molar-refractivity contribution in [1.82, 2.24) is 10.7 Å². The van der Waals surface area contributed by atoms with E-state index in [4.69, 9.17) is 5.73 Å². The third kappa shape index (κ3) is 0.357. The summed E-state index contributed by atoms with van der Waals surface area (Å²) >= 11 is 0. The van der Waals surface area contributed by atoms with Crippen LogP contribution in [0.5, 0.6) is 0 Å². The molecule has 0 fully saturated rings. The van der Waals surface area contributed by atoms with Crippen LogP contribution in [0.4, 0.5) is 0 Å². The number of hydrogen-bond acceptors (Lipinski definition) is 4. The maximum absolute atomic E-state index is 5.11. The number of nitrogens with one attached hydrogen (secondary N) is 2. The molecule has 0 saturated heterocycles. The molecule has 0 aromatic rings. The summed E-state index contributed by atoms with van der Waals surface area (Å²) in [6.07, 6.45) is 0. The highest BCUT2D eigenvalue weighted by Crippen LogP contribution is 1.64. The molecule has 0 radical (unpaired) electrons. The lowest BCUT2D eigenvalue weighted by Gasteiger charge is -1.84. The molecule has 1 rings (SSSR count). The van der Waals surface area contributed by atoms with Crippen molar-refractivity contribution < 1.29 is 0 Å². The first-order valence-electron chi connectivity index (χ1n) is 1.69. The van der Waals surface area contributed by atoms with E-state index >= 15 is 0 Å². The Morgan fingerprint density at radius 1 is 1.83 bits per heavy atom. The minimum atomic E-state index is 0.468. The molecular weight excluding hydrogens is 80.0 g/mol. The van der Waals surface area contributed by atoms with Gasteiger partial charge < -0.3 is 11.1 Å². The van der Waals surface area contributed by atoms with Gasteiger partial charge in [0.25, 0.3) is 0 Å². The summed E-state index contributed by atoms with van der Waals surface area (Å²) < 4.78 is 0. The lowest BCUT2D eigenvalue weighted by atomic mass is 11.0. The van der Waals surface area contributed by atoms with Crippen molar-refractivity contribution in [2.45, 2.75) is 0 Å². The topological polar surface area (TPSA) is 62.4 Å². The van der Waals surface area contributed by atoms with Gasteiger partial charge in [-0.3, -0.25) is 5.43 Å². The van der Waals surface area contributed by atoms with Crippen molar-refractivity contribution in [1.29, 1.82) is 0 Å². The molecule has 0 aliphatic carbocycles. The zero-order valence-electron chi connectivity index (χ0n) is 3.23. The van der Waals surface area contributed by atoms with Crippen LogP contribution in [0.2, 0.25) is 0 Å². The van der Waals surface area contributed by atoms with Crippen molar-refractivity contribution in [3.05, 3.63) is 0 Å². The number of hydrogen-bond donors (Lipinski definition) is 3. The molecule has 4 N–H and O–H groups in total. The second kappa shape index (κ2) is 1.04. The Bertz CT molecular complexity index is 75.6. The molecule has 4 heteroatoms. The summed E-state index contributed by atoms with van der Waals surface area (Å²) in [5.41, 5.74) is 7.73. The molecule has 1 aliphatic rings. The van der Waals surface area contributed by atoms with Crippen molar-refractivity contribution >= 4 is 5.96 Å². The van der Waals surface area contributed by atoms with Crippen LogP contribution in [0.25, 0.3) is 0 Å². The molecule has 4 nitrogen and oxygen atoms in total. The molecule has 0 aromatic carbocycles. The van der Waals surface area contributed by atoms with Gasteiger partial charge in [0.2, 0.25) is 5.96 Å². The molecule has 0 aromatic heterocycles. The van der Waals surface area contributed by atoms with Gasteiger partial charge in [-0.15, -0.1) is 5.10 Å². The van der Waals surface area contributed by atoms with E-state index in [0.717, 1.165) is 0 Å². The summed E-state index contributed by atoms with van der Waals surface area (Å²) in [4.78, 5) is 0. The molecule has 0 spiro atoms. The molecule has 0 saturated carbocycles. The number of rotatable bonds is 0. The second-order valence-corrected chi connectivity index (χ2v) is 1.01. The summed E-state index contributed by atoms with van der Waals surface area (Å²) in [5, 5.41) is 6.31. The smallest absolute Gasteiger partial charge is 0.212 e. The van der Waals surface area contributed by atoms with Gasteiger partial charge in [-0.1, -0.05) is 0 Å². The normalized spacial score (nSPS) is 18.3. The Balaban J connectivity index is 2.45. The fourth-order valence-corrected chi connectivity index (χ4v) is 0.294. The van der Waals surface area contributed by atoms with Crippen molar-refractivity contribution in [3.63, 3.8) is 0 Å². The van der Waals surface area contributed by atoms with Crippen LogP contribution in [0.1, 0.15) is 0 Å². The van der Waals surface area contributed by atoms with Gasteiger partial charge in [0.05, 0.1) is 0 Å². The zero-order chi connectivity index (χ0) is 4.41. The number of guanidine groups is 1. The van der Waals surface area contributed by atoms with E-state index in [0.29, 0.717) is 12.6 Å². The Hall–Kier alpha value is -0.930. The van der Waals surface area contributed by atoms with Gasteiger partial charge in [-0.25, -0.2) is 0 Å². The fourth-order valence-electron chi connectivity index (χ4n) is 0.294. The van der Waals surface area contributed by atoms with Crippen molar-refractivity contribution in [2.75, 3.05) is 6.67 Å². The summed E-state index contributed by atoms with van der Waals surface area (Å²) in [6, 6.07) is 0. The summed E-state index contributed by atoms with van der Waals surface area (Å²) in [6.45, 7) is 0.659. The Labute approximate surface area is 35.4 Å². The van der Waals surface area contributed by atoms with Crippen LogP contribution < -0.4 is 16.5 Å². The molecular formula is C2H6N4. The molecule has 1 heterocycles. The molecule has 0 atom stereocenters. The minimum Gasteiger partial charge on any atom is -0.368 e. The van der Waals surface area contributed by atoms with E-state index < -0.39 is 0 Å². The highest BCUT2D eigenvalue weighted by Gasteiger charge is 1.92. The average molecular weight is 86.1 g/mol. The Morgan fingerprint density at radius 2 is 2.67 bits per heavy atom. The quantitative estimate of drug-likeness (QED) is 0.331. The van der Waals surface area contributed by atoms with E-state index in [1.165, 1.54) is 0 Å². The van der Waals surface area contributed by atoms with Crippen LogP contribution >= 0.6 is 0 Å². The van der Waals surface area contributed by atoms with Crippen LogP contribution in [0, 0.1) is 0 Å². The predicted octanol–water partition coefficient (Wildman–Crippen LogP) is -1.63. The van der Waals surface area contributed by atoms with E-state index in [1.54, 1.807) is 0 Å². The van der Waals surface area contributed by atoms with Crippen molar-refractivity contribution in [2.24, 2.45) is 10.8 Å². The SMILES string of the molecule is NC1=NNCN1. The monoisotopic (exact) mass is 86.1 g/mol. The largest absolute Gasteiger partial charge is 0.368 e. The van der Waals surface area contributed by atoms with Gasteiger partial charge in [0, 0.05) is 0 Å². The first-order chi connectivity index (χ1) is 2.89. The molecule has 34 valence electrons. The van der Waals surface area contributed by atoms with Crippen LogP contribution in [-0.2, 0) is 0 Å². The Kier molecular flexibility index (Phi) is 0.567. The van der Waals surface area contributed by atoms with Gasteiger partial charge >= 0.3 is 0 Å². The van der Waals surface area contributed by atoms with Crippen LogP contribution in [-0.4, -0.2) is 12.6 Å². The predicted molar refractivity (Wildman–Crippen MR) is 22.8 cm³/mol. The van der Waals surface area contributed by atoms with E-state index in [1.807, 2.05) is 0 Å². The van der Waals surface area contributed by atoms with E-state index in [2.05, 4.69) is 15.8 Å². The summed E-state index contributed by atoms with van der Waals surface area (Å²) in [5.74, 6) is 0.468. The highest BCUT2D eigenvalue weighted by atomic mass is 15.4. The first kappa shape index (κ1) is 3.27. The van der Waals surface area contributed by atoms with E-state index in [9.17, 15) is 0 Å². The maximum Gasteiger partial charge on any atom is 0.212 e. The van der Waals surface area contributed by atoms with E-state index in [-0.39, 0.29) is 0 Å². The lowest BCUT2D eigenvalue weighted by molar-refractivity contribution is 0.772. The molecule has 0 unspecified atom stereocenters. The van der Waals surface area contributed by atoms with Gasteiger partial charge in [0.1, 0.15) is 6.67 Å². The van der Waals surface area contributed by atoms with Gasteiger partial charge in [-0.2, -0.15) is 0 Å².